The molecular weight excluding hydrogens is 252 g/mol. The molecule has 90 valence electrons. The number of aryl methyl sites for hydroxylation is 2. The van der Waals surface area contributed by atoms with Crippen molar-refractivity contribution in [1.29, 1.82) is 0 Å². The Morgan fingerprint density at radius 1 is 1.62 bits per heavy atom. The molecule has 1 aromatic heterocycles. The van der Waals surface area contributed by atoms with Gasteiger partial charge in [0.25, 0.3) is 0 Å². The highest BCUT2D eigenvalue weighted by molar-refractivity contribution is 7.84. The van der Waals surface area contributed by atoms with Gasteiger partial charge in [0, 0.05) is 17.8 Å². The molecule has 16 heavy (non-hydrogen) atoms. The zero-order valence-corrected chi connectivity index (χ0v) is 10.6. The highest BCUT2D eigenvalue weighted by Gasteiger charge is 2.16. The van der Waals surface area contributed by atoms with E-state index < -0.39 is 16.8 Å². The van der Waals surface area contributed by atoms with Gasteiger partial charge in [0.2, 0.25) is 0 Å². The molecule has 0 spiro atoms. The van der Waals surface area contributed by atoms with E-state index in [9.17, 15) is 9.00 Å². The van der Waals surface area contributed by atoms with Crippen molar-refractivity contribution < 1.29 is 14.1 Å². The Balaban J connectivity index is 2.85. The minimum Gasteiger partial charge on any atom is -0.481 e. The molecule has 1 aromatic rings. The summed E-state index contributed by atoms with van der Waals surface area (Å²) in [4.78, 5) is 10.4. The number of rotatable bonds is 5. The van der Waals surface area contributed by atoms with Crippen LogP contribution in [0, 0.1) is 0 Å². The number of aromatic nitrogens is 2. The van der Waals surface area contributed by atoms with Crippen LogP contribution >= 0.6 is 11.6 Å². The number of nitrogens with zero attached hydrogens (tertiary/aromatic N) is 2. The quantitative estimate of drug-likeness (QED) is 0.860. The lowest BCUT2D eigenvalue weighted by Crippen LogP contribution is -2.12. The smallest absolute Gasteiger partial charge is 0.316 e. The van der Waals surface area contributed by atoms with Crippen LogP contribution in [-0.4, -0.2) is 30.8 Å². The minimum absolute atomic E-state index is 0.120. The monoisotopic (exact) mass is 264 g/mol. The Morgan fingerprint density at radius 2 is 2.25 bits per heavy atom. The lowest BCUT2D eigenvalue weighted by atomic mass is 10.3. The van der Waals surface area contributed by atoms with Gasteiger partial charge in [0.15, 0.2) is 0 Å². The summed E-state index contributed by atoms with van der Waals surface area (Å²) in [5, 5.41) is 13.2. The predicted octanol–water partition coefficient (Wildman–Crippen LogP) is 0.969. The number of carboxylic acid groups (broad SMARTS) is 1. The number of carbonyl (C=O) groups is 1. The Labute approximate surface area is 101 Å². The van der Waals surface area contributed by atoms with Crippen LogP contribution in [0.1, 0.15) is 18.3 Å². The molecule has 0 amide bonds. The second-order valence-electron chi connectivity index (χ2n) is 3.31. The third kappa shape index (κ3) is 3.05. The van der Waals surface area contributed by atoms with Gasteiger partial charge in [-0.15, -0.1) is 0 Å². The van der Waals surface area contributed by atoms with Crippen LogP contribution in [0.4, 0.5) is 0 Å². The maximum absolute atomic E-state index is 11.5. The summed E-state index contributed by atoms with van der Waals surface area (Å²) in [6.45, 7) is 1.92. The number of aliphatic carboxylic acids is 1. The number of hydrogen-bond acceptors (Lipinski definition) is 3. The third-order valence-corrected chi connectivity index (χ3v) is 3.69. The molecule has 1 atom stereocenters. The summed E-state index contributed by atoms with van der Waals surface area (Å²) < 4.78 is 13.0. The van der Waals surface area contributed by atoms with E-state index in [1.165, 1.54) is 0 Å². The molecule has 0 saturated heterocycles. The molecule has 0 radical (unpaired) electrons. The molecule has 1 N–H and O–H groups in total. The molecule has 1 unspecified atom stereocenters. The van der Waals surface area contributed by atoms with E-state index in [-0.39, 0.29) is 11.5 Å². The van der Waals surface area contributed by atoms with Gasteiger partial charge in [-0.1, -0.05) is 18.5 Å². The van der Waals surface area contributed by atoms with Gasteiger partial charge in [0.1, 0.15) is 5.75 Å². The fourth-order valence-corrected chi connectivity index (χ4v) is 2.77. The zero-order chi connectivity index (χ0) is 12.3. The van der Waals surface area contributed by atoms with Crippen LogP contribution in [0.5, 0.6) is 0 Å². The van der Waals surface area contributed by atoms with E-state index >= 15 is 0 Å². The van der Waals surface area contributed by atoms with E-state index in [2.05, 4.69) is 5.10 Å². The highest BCUT2D eigenvalue weighted by Crippen LogP contribution is 2.21. The Bertz CT molecular complexity index is 431. The topological polar surface area (TPSA) is 72.2 Å². The number of hydrogen-bond donors (Lipinski definition) is 1. The second-order valence-corrected chi connectivity index (χ2v) is 5.14. The fourth-order valence-electron chi connectivity index (χ4n) is 1.32. The molecule has 0 aliphatic rings. The van der Waals surface area contributed by atoms with Crippen molar-refractivity contribution >= 4 is 28.4 Å². The lowest BCUT2D eigenvalue weighted by Gasteiger charge is -2.01. The Morgan fingerprint density at radius 3 is 2.69 bits per heavy atom. The lowest BCUT2D eigenvalue weighted by molar-refractivity contribution is -0.133. The van der Waals surface area contributed by atoms with Crippen LogP contribution < -0.4 is 0 Å². The number of carboxylic acids is 1. The standard InChI is InChI=1S/C9H13ClN2O3S/c1-3-6-9(10)7(12(2)11-6)4-16(15)5-8(13)14/h3-5H2,1-2H3,(H,13,14). The highest BCUT2D eigenvalue weighted by atomic mass is 35.5. The van der Waals surface area contributed by atoms with E-state index in [4.69, 9.17) is 16.7 Å². The molecule has 7 heteroatoms. The van der Waals surface area contributed by atoms with Gasteiger partial charge < -0.3 is 5.11 Å². The van der Waals surface area contributed by atoms with Crippen molar-refractivity contribution in [3.05, 3.63) is 16.4 Å². The fraction of sp³-hybridized carbons (Fsp3) is 0.556. The molecule has 0 saturated carbocycles. The Kier molecular flexibility index (Phi) is 4.49. The van der Waals surface area contributed by atoms with Crippen molar-refractivity contribution in [2.24, 2.45) is 7.05 Å². The van der Waals surface area contributed by atoms with Gasteiger partial charge in [-0.05, 0) is 6.42 Å². The van der Waals surface area contributed by atoms with Gasteiger partial charge in [-0.2, -0.15) is 5.10 Å². The van der Waals surface area contributed by atoms with Crippen molar-refractivity contribution in [1.82, 2.24) is 9.78 Å². The maximum atomic E-state index is 11.5. The largest absolute Gasteiger partial charge is 0.481 e. The average Bonchev–Trinajstić information content (AvgIpc) is 2.44. The molecule has 0 fully saturated rings. The normalized spacial score (nSPS) is 12.7. The summed E-state index contributed by atoms with van der Waals surface area (Å²) in [5.74, 6) is -1.33. The van der Waals surface area contributed by atoms with E-state index in [0.29, 0.717) is 17.1 Å². The predicted molar refractivity (Wildman–Crippen MR) is 61.9 cm³/mol. The molecule has 0 aromatic carbocycles. The summed E-state index contributed by atoms with van der Waals surface area (Å²) >= 11 is 6.05. The minimum atomic E-state index is -1.46. The van der Waals surface area contributed by atoms with Crippen molar-refractivity contribution in [2.75, 3.05) is 5.75 Å². The van der Waals surface area contributed by atoms with Crippen LogP contribution in [0.3, 0.4) is 0 Å². The summed E-state index contributed by atoms with van der Waals surface area (Å²) in [7, 11) is 0.252. The van der Waals surface area contributed by atoms with Crippen LogP contribution in [0.2, 0.25) is 5.02 Å². The van der Waals surface area contributed by atoms with Crippen LogP contribution in [-0.2, 0) is 34.8 Å². The summed E-state index contributed by atoms with van der Waals surface area (Å²) in [6, 6.07) is 0. The van der Waals surface area contributed by atoms with Gasteiger partial charge in [-0.25, -0.2) is 0 Å². The molecule has 0 aliphatic carbocycles. The SMILES string of the molecule is CCc1nn(C)c(CS(=O)CC(=O)O)c1Cl. The first-order valence-corrected chi connectivity index (χ1v) is 6.59. The van der Waals surface area contributed by atoms with Gasteiger partial charge >= 0.3 is 5.97 Å². The van der Waals surface area contributed by atoms with E-state index in [1.807, 2.05) is 6.92 Å². The van der Waals surface area contributed by atoms with Crippen molar-refractivity contribution in [3.8, 4) is 0 Å². The van der Waals surface area contributed by atoms with Gasteiger partial charge in [-0.3, -0.25) is 13.7 Å². The number of halogens is 1. The van der Waals surface area contributed by atoms with E-state index in [0.717, 1.165) is 5.69 Å². The molecule has 0 aliphatic heterocycles. The van der Waals surface area contributed by atoms with E-state index in [1.54, 1.807) is 11.7 Å². The van der Waals surface area contributed by atoms with Crippen molar-refractivity contribution in [2.45, 2.75) is 19.1 Å². The third-order valence-electron chi connectivity index (χ3n) is 2.09. The first kappa shape index (κ1) is 13.2. The molecule has 0 bridgehead atoms. The molecule has 5 nitrogen and oxygen atoms in total. The first-order chi connectivity index (χ1) is 7.45. The first-order valence-electron chi connectivity index (χ1n) is 4.72. The molecule has 1 heterocycles. The second kappa shape index (κ2) is 5.45. The Hall–Kier alpha value is -0.880. The zero-order valence-electron chi connectivity index (χ0n) is 9.07. The maximum Gasteiger partial charge on any atom is 0.316 e. The average molecular weight is 265 g/mol. The van der Waals surface area contributed by atoms with Gasteiger partial charge in [0.05, 0.1) is 22.2 Å². The molecular formula is C9H13ClN2O3S. The summed E-state index contributed by atoms with van der Waals surface area (Å²) in [5.41, 5.74) is 1.37. The summed E-state index contributed by atoms with van der Waals surface area (Å²) in [6.07, 6.45) is 0.693. The van der Waals surface area contributed by atoms with Crippen LogP contribution in [0.15, 0.2) is 0 Å². The van der Waals surface area contributed by atoms with Crippen LogP contribution in [0.25, 0.3) is 0 Å². The molecule has 1 rings (SSSR count). The van der Waals surface area contributed by atoms with Crippen molar-refractivity contribution in [3.63, 3.8) is 0 Å².